The summed E-state index contributed by atoms with van der Waals surface area (Å²) in [4.78, 5) is 21.1. The number of hydrogen-bond acceptors (Lipinski definition) is 9. The Kier molecular flexibility index (Phi) is 7.40. The number of pyridine rings is 1. The molecule has 9 heteroatoms. The zero-order valence-electron chi connectivity index (χ0n) is 21.5. The number of fused-ring (bicyclic) bond motifs is 1. The average molecular weight is 497 g/mol. The van der Waals surface area contributed by atoms with Gasteiger partial charge in [-0.2, -0.15) is 4.98 Å². The highest BCUT2D eigenvalue weighted by molar-refractivity contribution is 7.21. The van der Waals surface area contributed by atoms with Gasteiger partial charge in [-0.1, -0.05) is 6.08 Å². The monoisotopic (exact) mass is 496 g/mol. The minimum Gasteiger partial charge on any atom is -0.390 e. The molecule has 2 N–H and O–H groups in total. The first-order chi connectivity index (χ1) is 16.6. The van der Waals surface area contributed by atoms with E-state index in [4.69, 9.17) is 19.7 Å². The zero-order valence-corrected chi connectivity index (χ0v) is 22.3. The molecular weight excluding hydrogens is 460 g/mol. The first-order valence-electron chi connectivity index (χ1n) is 12.1. The highest BCUT2D eigenvalue weighted by atomic mass is 32.1. The van der Waals surface area contributed by atoms with Gasteiger partial charge in [-0.05, 0) is 58.9 Å². The van der Waals surface area contributed by atoms with E-state index in [1.165, 1.54) is 0 Å². The summed E-state index contributed by atoms with van der Waals surface area (Å²) in [5.41, 5.74) is 2.91. The molecule has 188 valence electrons. The number of anilines is 2. The van der Waals surface area contributed by atoms with Crippen LogP contribution in [-0.4, -0.2) is 63.5 Å². The summed E-state index contributed by atoms with van der Waals surface area (Å²) in [6.45, 7) is 12.2. The van der Waals surface area contributed by atoms with E-state index in [2.05, 4.69) is 16.9 Å². The zero-order chi connectivity index (χ0) is 25.3. The van der Waals surface area contributed by atoms with Gasteiger partial charge in [-0.25, -0.2) is 9.97 Å². The van der Waals surface area contributed by atoms with Gasteiger partial charge in [0.1, 0.15) is 16.3 Å². The summed E-state index contributed by atoms with van der Waals surface area (Å²) in [7, 11) is 3.63. The number of aryl methyl sites for hydroxylation is 2. The Bertz CT molecular complexity index is 1200. The van der Waals surface area contributed by atoms with Crippen LogP contribution in [0, 0.1) is 19.8 Å². The van der Waals surface area contributed by atoms with E-state index in [9.17, 15) is 5.11 Å². The van der Waals surface area contributed by atoms with E-state index in [1.54, 1.807) is 24.5 Å². The van der Waals surface area contributed by atoms with Gasteiger partial charge < -0.3 is 20.1 Å². The fraction of sp³-hybridized carbons (Fsp3) is 0.538. The quantitative estimate of drug-likeness (QED) is 0.410. The second kappa shape index (κ2) is 10.2. The van der Waals surface area contributed by atoms with Crippen LogP contribution in [0.5, 0.6) is 0 Å². The lowest BCUT2D eigenvalue weighted by molar-refractivity contribution is 0.0197. The van der Waals surface area contributed by atoms with Crippen LogP contribution < -0.4 is 10.2 Å². The molecule has 0 bridgehead atoms. The number of thiazole rings is 1. The van der Waals surface area contributed by atoms with Crippen molar-refractivity contribution in [2.24, 2.45) is 5.92 Å². The third kappa shape index (κ3) is 5.47. The van der Waals surface area contributed by atoms with Crippen LogP contribution in [0.2, 0.25) is 0 Å². The fourth-order valence-corrected chi connectivity index (χ4v) is 5.83. The maximum atomic E-state index is 10.5. The summed E-state index contributed by atoms with van der Waals surface area (Å²) in [5.74, 6) is 1.64. The molecule has 1 aliphatic carbocycles. The highest BCUT2D eigenvalue weighted by Gasteiger charge is 2.35. The lowest BCUT2D eigenvalue weighted by Crippen LogP contribution is -2.31. The normalized spacial score (nSPS) is 19.2. The summed E-state index contributed by atoms with van der Waals surface area (Å²) in [5, 5.41) is 15.1. The van der Waals surface area contributed by atoms with Gasteiger partial charge in [-0.3, -0.25) is 4.98 Å². The van der Waals surface area contributed by atoms with Gasteiger partial charge in [-0.15, -0.1) is 17.9 Å². The van der Waals surface area contributed by atoms with Crippen molar-refractivity contribution in [2.45, 2.75) is 64.7 Å². The molecule has 1 saturated carbocycles. The van der Waals surface area contributed by atoms with Crippen molar-refractivity contribution >= 4 is 33.3 Å². The second-order valence-electron chi connectivity index (χ2n) is 9.99. The molecule has 0 aliphatic heterocycles. The van der Waals surface area contributed by atoms with Crippen molar-refractivity contribution in [3.05, 3.63) is 36.3 Å². The fourth-order valence-electron chi connectivity index (χ4n) is 4.72. The van der Waals surface area contributed by atoms with Gasteiger partial charge in [0.05, 0.1) is 39.9 Å². The van der Waals surface area contributed by atoms with Crippen LogP contribution >= 0.6 is 11.3 Å². The minimum atomic E-state index is -0.691. The Labute approximate surface area is 211 Å². The van der Waals surface area contributed by atoms with E-state index >= 15 is 0 Å². The predicted molar refractivity (Wildman–Crippen MR) is 143 cm³/mol. The summed E-state index contributed by atoms with van der Waals surface area (Å²) in [6, 6.07) is 2.22. The molecule has 1 unspecified atom stereocenters. The maximum Gasteiger partial charge on any atom is 0.227 e. The Morgan fingerprint density at radius 1 is 1.29 bits per heavy atom. The molecule has 0 aromatic carbocycles. The summed E-state index contributed by atoms with van der Waals surface area (Å²) < 4.78 is 6.57. The molecule has 0 radical (unpaired) electrons. The number of nitrogens with zero attached hydrogens (tertiary/aromatic N) is 5. The largest absolute Gasteiger partial charge is 0.390 e. The molecule has 1 aliphatic rings. The van der Waals surface area contributed by atoms with Gasteiger partial charge in [0.25, 0.3) is 0 Å². The van der Waals surface area contributed by atoms with Crippen molar-refractivity contribution in [1.82, 2.24) is 19.9 Å². The van der Waals surface area contributed by atoms with Crippen LogP contribution in [0.15, 0.2) is 24.9 Å². The van der Waals surface area contributed by atoms with E-state index in [0.29, 0.717) is 12.5 Å². The third-order valence-corrected chi connectivity index (χ3v) is 7.95. The smallest absolute Gasteiger partial charge is 0.227 e. The van der Waals surface area contributed by atoms with Gasteiger partial charge in [0, 0.05) is 26.4 Å². The molecule has 8 nitrogen and oxygen atoms in total. The van der Waals surface area contributed by atoms with Crippen LogP contribution in [0.3, 0.4) is 0 Å². The Hall–Kier alpha value is -2.62. The van der Waals surface area contributed by atoms with Crippen molar-refractivity contribution in [1.29, 1.82) is 0 Å². The van der Waals surface area contributed by atoms with Gasteiger partial charge >= 0.3 is 0 Å². The number of aliphatic hydroxyl groups is 1. The number of hydrogen-bond donors (Lipinski definition) is 2. The first-order valence-corrected chi connectivity index (χ1v) is 12.9. The summed E-state index contributed by atoms with van der Waals surface area (Å²) >= 11 is 1.63. The SMILES string of the molecule is C=C[C@H](CN(C)c1nc(C)c(-c2nc3c(C)nccc3s2)c(NC2CC[C@H](C(C)(C)O)C2)n1)OC. The van der Waals surface area contributed by atoms with Crippen molar-refractivity contribution in [3.63, 3.8) is 0 Å². The molecule has 35 heavy (non-hydrogen) atoms. The molecular formula is C26H36N6O2S. The second-order valence-corrected chi connectivity index (χ2v) is 11.0. The lowest BCUT2D eigenvalue weighted by Gasteiger charge is -2.26. The van der Waals surface area contributed by atoms with Crippen molar-refractivity contribution in [2.75, 3.05) is 30.9 Å². The van der Waals surface area contributed by atoms with Crippen molar-refractivity contribution in [3.8, 4) is 10.6 Å². The molecule has 3 atom stereocenters. The lowest BCUT2D eigenvalue weighted by atomic mass is 9.89. The molecule has 1 fully saturated rings. The number of aromatic nitrogens is 4. The van der Waals surface area contributed by atoms with Crippen LogP contribution in [-0.2, 0) is 4.74 Å². The molecule has 0 amide bonds. The van der Waals surface area contributed by atoms with Crippen LogP contribution in [0.1, 0.15) is 44.5 Å². The maximum absolute atomic E-state index is 10.5. The minimum absolute atomic E-state index is 0.123. The van der Waals surface area contributed by atoms with E-state index in [0.717, 1.165) is 57.3 Å². The molecule has 3 aromatic heterocycles. The Balaban J connectivity index is 1.74. The van der Waals surface area contributed by atoms with Gasteiger partial charge in [0.2, 0.25) is 5.95 Å². The topological polar surface area (TPSA) is 96.3 Å². The van der Waals surface area contributed by atoms with E-state index in [1.807, 2.05) is 51.9 Å². The molecule has 0 spiro atoms. The van der Waals surface area contributed by atoms with E-state index < -0.39 is 5.60 Å². The van der Waals surface area contributed by atoms with Crippen LogP contribution in [0.25, 0.3) is 20.8 Å². The number of likely N-dealkylation sites (N-methyl/N-ethyl adjacent to an activating group) is 1. The third-order valence-electron chi connectivity index (χ3n) is 6.92. The predicted octanol–water partition coefficient (Wildman–Crippen LogP) is 4.75. The number of methoxy groups -OCH3 is 1. The molecule has 3 aromatic rings. The van der Waals surface area contributed by atoms with Crippen molar-refractivity contribution < 1.29 is 9.84 Å². The van der Waals surface area contributed by atoms with Gasteiger partial charge in [0.15, 0.2) is 0 Å². The average Bonchev–Trinajstić information content (AvgIpc) is 3.45. The van der Waals surface area contributed by atoms with E-state index in [-0.39, 0.29) is 18.1 Å². The first kappa shape index (κ1) is 25.5. The Morgan fingerprint density at radius 2 is 2.06 bits per heavy atom. The molecule has 3 heterocycles. The Morgan fingerprint density at radius 3 is 2.69 bits per heavy atom. The number of ether oxygens (including phenoxy) is 1. The number of rotatable bonds is 9. The molecule has 0 saturated heterocycles. The standard InChI is InChI=1S/C26H36N6O2S/c1-8-19(34-7)14-32(6)25-28-15(2)21(24-30-22-16(3)27-12-11-20(22)35-24)23(31-25)29-18-10-9-17(13-18)26(4,5)33/h8,11-12,17-19,33H,1,9-10,13-14H2,2-7H3,(H,28,29,31)/t17-,18?,19+/m0/s1. The highest BCUT2D eigenvalue weighted by Crippen LogP contribution is 2.40. The summed E-state index contributed by atoms with van der Waals surface area (Å²) in [6.07, 6.45) is 6.33. The van der Waals surface area contributed by atoms with Crippen LogP contribution in [0.4, 0.5) is 11.8 Å². The number of nitrogens with one attached hydrogen (secondary N) is 1. The molecule has 4 rings (SSSR count).